The summed E-state index contributed by atoms with van der Waals surface area (Å²) in [4.78, 5) is 0. The van der Waals surface area contributed by atoms with Gasteiger partial charge in [0.15, 0.2) is 0 Å². The Morgan fingerprint density at radius 2 is 2.00 bits per heavy atom. The van der Waals surface area contributed by atoms with Crippen molar-refractivity contribution in [1.82, 2.24) is 10.2 Å². The zero-order valence-electron chi connectivity index (χ0n) is 8.34. The Hall–Kier alpha value is -1.06. The van der Waals surface area contributed by atoms with Gasteiger partial charge in [-0.1, -0.05) is 0 Å². The Morgan fingerprint density at radius 1 is 1.31 bits per heavy atom. The first-order valence-electron chi connectivity index (χ1n) is 4.87. The fraction of sp³-hybridized carbons (Fsp3) is 0.222. The molecule has 1 saturated heterocycles. The molecule has 84 valence electrons. The van der Waals surface area contributed by atoms with Gasteiger partial charge in [0.2, 0.25) is 0 Å². The van der Waals surface area contributed by atoms with Crippen molar-refractivity contribution < 1.29 is 0 Å². The first kappa shape index (κ1) is 10.1. The minimum Gasteiger partial charge on any atom is -0.384 e. The first-order chi connectivity index (χ1) is 7.66. The second kappa shape index (κ2) is 3.47. The quantitative estimate of drug-likeness (QED) is 0.670. The molecule has 1 aromatic carbocycles. The second-order valence-corrected chi connectivity index (χ2v) is 4.99. The van der Waals surface area contributed by atoms with Gasteiger partial charge in [0.25, 0.3) is 0 Å². The van der Waals surface area contributed by atoms with Crippen molar-refractivity contribution in [3.05, 3.63) is 27.8 Å². The van der Waals surface area contributed by atoms with Crippen LogP contribution >= 0.6 is 22.6 Å². The lowest BCUT2D eigenvalue weighted by Crippen LogP contribution is -2.72. The van der Waals surface area contributed by atoms with Crippen LogP contribution in [0, 0.1) is 3.57 Å². The summed E-state index contributed by atoms with van der Waals surface area (Å²) in [5.74, 6) is 0.561. The van der Waals surface area contributed by atoms with E-state index >= 15 is 0 Å². The van der Waals surface area contributed by atoms with E-state index in [4.69, 9.17) is 11.5 Å². The third kappa shape index (κ3) is 1.35. The number of amidine groups is 1. The molecule has 2 atom stereocenters. The minimum absolute atomic E-state index is 0.0284. The normalized spacial score (nSPS) is 27.6. The summed E-state index contributed by atoms with van der Waals surface area (Å²) >= 11 is 2.27. The van der Waals surface area contributed by atoms with Crippen molar-refractivity contribution in [2.45, 2.75) is 12.2 Å². The maximum Gasteiger partial charge on any atom is 0.147 e. The summed E-state index contributed by atoms with van der Waals surface area (Å²) in [5, 5.41) is 7.59. The highest BCUT2D eigenvalue weighted by molar-refractivity contribution is 14.1. The van der Waals surface area contributed by atoms with Crippen LogP contribution in [0.3, 0.4) is 0 Å². The van der Waals surface area contributed by atoms with Crippen molar-refractivity contribution in [2.75, 3.05) is 5.43 Å². The van der Waals surface area contributed by atoms with Gasteiger partial charge in [-0.3, -0.25) is 5.43 Å². The van der Waals surface area contributed by atoms with Crippen LogP contribution in [0.4, 0.5) is 5.69 Å². The molecular weight excluding hydrogens is 319 g/mol. The van der Waals surface area contributed by atoms with Crippen LogP contribution < -0.4 is 16.9 Å². The van der Waals surface area contributed by atoms with Crippen LogP contribution in [0.15, 0.2) is 29.4 Å². The molecule has 3 aliphatic heterocycles. The summed E-state index contributed by atoms with van der Waals surface area (Å²) < 4.78 is 1.20. The summed E-state index contributed by atoms with van der Waals surface area (Å²) in [5.41, 5.74) is 15.8. The Labute approximate surface area is 106 Å². The van der Waals surface area contributed by atoms with Gasteiger partial charge in [0.1, 0.15) is 18.0 Å². The maximum absolute atomic E-state index is 5.84. The van der Waals surface area contributed by atoms with Crippen LogP contribution in [0.2, 0.25) is 0 Å². The Morgan fingerprint density at radius 3 is 2.50 bits per heavy atom. The molecule has 6 nitrogen and oxygen atoms in total. The van der Waals surface area contributed by atoms with Crippen molar-refractivity contribution in [1.29, 1.82) is 0 Å². The highest BCUT2D eigenvalue weighted by atomic mass is 127. The molecule has 0 saturated carbocycles. The maximum atomic E-state index is 5.84. The molecule has 7 heteroatoms. The summed E-state index contributed by atoms with van der Waals surface area (Å²) in [6.45, 7) is 0. The third-order valence-electron chi connectivity index (χ3n) is 2.68. The highest BCUT2D eigenvalue weighted by Gasteiger charge is 2.53. The number of hydrogen-bond donors (Lipinski definition) is 3. The number of hydrazone groups is 1. The average molecular weight is 330 g/mol. The number of anilines is 1. The Kier molecular flexibility index (Phi) is 2.19. The molecule has 0 aliphatic carbocycles. The summed E-state index contributed by atoms with van der Waals surface area (Å²) in [6, 6.07) is 8.04. The van der Waals surface area contributed by atoms with E-state index in [0.29, 0.717) is 5.84 Å². The summed E-state index contributed by atoms with van der Waals surface area (Å²) in [7, 11) is 0. The van der Waals surface area contributed by atoms with Crippen molar-refractivity contribution in [3.63, 3.8) is 0 Å². The predicted molar refractivity (Wildman–Crippen MR) is 69.8 cm³/mol. The number of halogens is 1. The highest BCUT2D eigenvalue weighted by Crippen LogP contribution is 2.30. The van der Waals surface area contributed by atoms with E-state index in [9.17, 15) is 0 Å². The standard InChI is InChI=1S/C9H11IN6/c10-5-1-3-6(4-2-5)13-15-7-8(11)14-16(15)9(7)12/h1-4,7,9,13H,12H2,(H2,11,14). The molecule has 0 spiro atoms. The van der Waals surface area contributed by atoms with Gasteiger partial charge >= 0.3 is 0 Å². The van der Waals surface area contributed by atoms with Crippen molar-refractivity contribution >= 4 is 34.1 Å². The number of hydrogen-bond acceptors (Lipinski definition) is 6. The van der Waals surface area contributed by atoms with E-state index in [2.05, 4.69) is 33.1 Å². The molecule has 2 bridgehead atoms. The van der Waals surface area contributed by atoms with E-state index in [1.807, 2.05) is 29.4 Å². The van der Waals surface area contributed by atoms with Gasteiger partial charge in [0.05, 0.1) is 5.69 Å². The molecule has 0 radical (unpaired) electrons. The van der Waals surface area contributed by atoms with Gasteiger partial charge in [-0.2, -0.15) is 5.12 Å². The van der Waals surface area contributed by atoms with Gasteiger partial charge in [0, 0.05) is 3.57 Å². The second-order valence-electron chi connectivity index (χ2n) is 3.74. The lowest BCUT2D eigenvalue weighted by atomic mass is 10.2. The van der Waals surface area contributed by atoms with E-state index in [1.54, 1.807) is 5.12 Å². The number of hydrazine groups is 2. The van der Waals surface area contributed by atoms with Gasteiger partial charge in [-0.25, -0.2) is 0 Å². The SMILES string of the molecule is NC1=NN2C(N)C1N2Nc1ccc(I)cc1. The Balaban J connectivity index is 1.72. The predicted octanol–water partition coefficient (Wildman–Crippen LogP) is 0.0899. The van der Waals surface area contributed by atoms with E-state index in [0.717, 1.165) is 5.69 Å². The molecule has 1 aromatic rings. The monoisotopic (exact) mass is 330 g/mol. The number of rotatable bonds is 2. The molecule has 0 amide bonds. The zero-order valence-corrected chi connectivity index (χ0v) is 10.5. The lowest BCUT2D eigenvalue weighted by molar-refractivity contribution is -0.143. The van der Waals surface area contributed by atoms with Crippen LogP contribution in [0.1, 0.15) is 0 Å². The van der Waals surface area contributed by atoms with E-state index in [1.165, 1.54) is 3.57 Å². The van der Waals surface area contributed by atoms with Gasteiger partial charge in [-0.15, -0.1) is 10.2 Å². The molecular formula is C9H11IN6. The lowest BCUT2D eigenvalue weighted by Gasteiger charge is -2.46. The minimum atomic E-state index is -0.128. The van der Waals surface area contributed by atoms with Crippen molar-refractivity contribution in [2.24, 2.45) is 16.6 Å². The molecule has 3 heterocycles. The van der Waals surface area contributed by atoms with E-state index in [-0.39, 0.29) is 12.2 Å². The summed E-state index contributed by atoms with van der Waals surface area (Å²) in [6.07, 6.45) is -0.128. The van der Waals surface area contributed by atoms with Gasteiger partial charge < -0.3 is 11.5 Å². The topological polar surface area (TPSA) is 82.9 Å². The van der Waals surface area contributed by atoms with Crippen LogP contribution in [0.25, 0.3) is 0 Å². The fourth-order valence-corrected chi connectivity index (χ4v) is 2.20. The zero-order chi connectivity index (χ0) is 11.3. The molecule has 5 N–H and O–H groups in total. The molecule has 3 aliphatic rings. The average Bonchev–Trinajstić information content (AvgIpc) is 2.74. The van der Waals surface area contributed by atoms with E-state index < -0.39 is 0 Å². The van der Waals surface area contributed by atoms with Crippen LogP contribution in [0.5, 0.6) is 0 Å². The molecule has 1 fully saturated rings. The molecule has 2 unspecified atom stereocenters. The Bertz CT molecular complexity index is 444. The fourth-order valence-electron chi connectivity index (χ4n) is 1.84. The number of nitrogens with two attached hydrogens (primary N) is 2. The molecule has 0 aromatic heterocycles. The first-order valence-corrected chi connectivity index (χ1v) is 5.95. The molecule has 16 heavy (non-hydrogen) atoms. The smallest absolute Gasteiger partial charge is 0.147 e. The van der Waals surface area contributed by atoms with Crippen molar-refractivity contribution in [3.8, 4) is 0 Å². The number of nitrogens with one attached hydrogen (secondary N) is 1. The van der Waals surface area contributed by atoms with Crippen LogP contribution in [-0.2, 0) is 0 Å². The third-order valence-corrected chi connectivity index (χ3v) is 3.40. The largest absolute Gasteiger partial charge is 0.384 e. The van der Waals surface area contributed by atoms with Crippen LogP contribution in [-0.4, -0.2) is 28.3 Å². The number of benzene rings is 1. The molecule has 4 rings (SSSR count). The number of nitrogens with zero attached hydrogens (tertiary/aromatic N) is 3. The van der Waals surface area contributed by atoms with Gasteiger partial charge in [-0.05, 0) is 46.9 Å².